The molecule has 0 N–H and O–H groups in total. The van der Waals surface area contributed by atoms with E-state index in [1.54, 1.807) is 20.1 Å². The van der Waals surface area contributed by atoms with E-state index < -0.39 is 0 Å². The zero-order chi connectivity index (χ0) is 16.4. The lowest BCUT2D eigenvalue weighted by Gasteiger charge is -2.03. The number of fused-ring (bicyclic) bond motifs is 1. The highest BCUT2D eigenvalue weighted by Crippen LogP contribution is 2.18. The van der Waals surface area contributed by atoms with E-state index in [1.165, 1.54) is 11.3 Å². The van der Waals surface area contributed by atoms with Gasteiger partial charge in [-0.2, -0.15) is 4.99 Å². The molecule has 0 saturated carbocycles. The second-order valence-electron chi connectivity index (χ2n) is 5.24. The third-order valence-corrected chi connectivity index (χ3v) is 4.64. The van der Waals surface area contributed by atoms with Crippen LogP contribution in [0.1, 0.15) is 21.9 Å². The second-order valence-corrected chi connectivity index (χ2v) is 6.25. The zero-order valence-electron chi connectivity index (χ0n) is 13.3. The van der Waals surface area contributed by atoms with Crippen molar-refractivity contribution in [1.29, 1.82) is 0 Å². The van der Waals surface area contributed by atoms with E-state index in [1.807, 2.05) is 35.8 Å². The first-order valence-corrected chi connectivity index (χ1v) is 8.15. The van der Waals surface area contributed by atoms with Crippen molar-refractivity contribution in [2.75, 3.05) is 13.7 Å². The van der Waals surface area contributed by atoms with Crippen LogP contribution in [-0.2, 0) is 11.3 Å². The molecular weight excluding hydrogens is 312 g/mol. The Labute approximate surface area is 137 Å². The molecule has 1 amide bonds. The average Bonchev–Trinajstić information content (AvgIpc) is 3.04. The molecule has 0 atom stereocenters. The fraction of sp³-hybridized carbons (Fsp3) is 0.294. The molecule has 0 aliphatic rings. The maximum atomic E-state index is 12.5. The van der Waals surface area contributed by atoms with Gasteiger partial charge in [0, 0.05) is 13.7 Å². The predicted octanol–water partition coefficient (Wildman–Crippen LogP) is 3.30. The summed E-state index contributed by atoms with van der Waals surface area (Å²) < 4.78 is 13.7. The number of para-hydroxylation sites is 1. The average molecular weight is 330 g/mol. The Balaban J connectivity index is 2.10. The van der Waals surface area contributed by atoms with Crippen LogP contribution < -0.4 is 4.80 Å². The van der Waals surface area contributed by atoms with Crippen LogP contribution >= 0.6 is 11.3 Å². The summed E-state index contributed by atoms with van der Waals surface area (Å²) in [5.41, 5.74) is 1.57. The van der Waals surface area contributed by atoms with E-state index >= 15 is 0 Å². The summed E-state index contributed by atoms with van der Waals surface area (Å²) in [6, 6.07) is 9.74. The van der Waals surface area contributed by atoms with Gasteiger partial charge in [-0.25, -0.2) is 0 Å². The Morgan fingerprint density at radius 1 is 1.35 bits per heavy atom. The van der Waals surface area contributed by atoms with Gasteiger partial charge in [-0.05, 0) is 32.0 Å². The van der Waals surface area contributed by atoms with Gasteiger partial charge in [-0.3, -0.25) is 4.79 Å². The topological polar surface area (TPSA) is 56.7 Å². The normalized spacial score (nSPS) is 12.2. The van der Waals surface area contributed by atoms with Crippen LogP contribution in [0.2, 0.25) is 0 Å². The Bertz CT molecular complexity index is 917. The fourth-order valence-corrected chi connectivity index (χ4v) is 3.55. The third-order valence-electron chi connectivity index (χ3n) is 3.58. The summed E-state index contributed by atoms with van der Waals surface area (Å²) in [6.07, 6.45) is 0. The van der Waals surface area contributed by atoms with Crippen LogP contribution in [0.5, 0.6) is 0 Å². The van der Waals surface area contributed by atoms with Gasteiger partial charge in [0.25, 0.3) is 5.91 Å². The number of ether oxygens (including phenoxy) is 1. The van der Waals surface area contributed by atoms with E-state index in [-0.39, 0.29) is 5.91 Å². The quantitative estimate of drug-likeness (QED) is 0.737. The van der Waals surface area contributed by atoms with Gasteiger partial charge in [0.2, 0.25) is 0 Å². The minimum Gasteiger partial charge on any atom is -0.466 e. The van der Waals surface area contributed by atoms with Crippen molar-refractivity contribution in [3.05, 3.63) is 52.2 Å². The molecule has 0 unspecified atom stereocenters. The number of methoxy groups -OCH3 is 1. The summed E-state index contributed by atoms with van der Waals surface area (Å²) in [6.45, 7) is 4.81. The van der Waals surface area contributed by atoms with Gasteiger partial charge in [0.05, 0.1) is 22.4 Å². The van der Waals surface area contributed by atoms with Crippen LogP contribution in [-0.4, -0.2) is 24.2 Å². The molecule has 2 heterocycles. The van der Waals surface area contributed by atoms with Crippen molar-refractivity contribution in [3.8, 4) is 0 Å². The van der Waals surface area contributed by atoms with Gasteiger partial charge in [0.15, 0.2) is 4.80 Å². The van der Waals surface area contributed by atoms with Gasteiger partial charge in [-0.1, -0.05) is 23.5 Å². The van der Waals surface area contributed by atoms with Crippen molar-refractivity contribution >= 4 is 27.5 Å². The largest absolute Gasteiger partial charge is 0.466 e. The number of rotatable bonds is 4. The first kappa shape index (κ1) is 15.7. The van der Waals surface area contributed by atoms with E-state index in [2.05, 4.69) is 4.99 Å². The minimum atomic E-state index is -0.280. The highest BCUT2D eigenvalue weighted by Gasteiger charge is 2.14. The number of benzene rings is 1. The van der Waals surface area contributed by atoms with Crippen molar-refractivity contribution in [2.24, 2.45) is 4.99 Å². The summed E-state index contributed by atoms with van der Waals surface area (Å²) >= 11 is 1.50. The number of hydrogen-bond donors (Lipinski definition) is 0. The highest BCUT2D eigenvalue weighted by atomic mass is 32.1. The molecule has 120 valence electrons. The number of carbonyl (C=O) groups is 1. The van der Waals surface area contributed by atoms with Gasteiger partial charge < -0.3 is 13.7 Å². The van der Waals surface area contributed by atoms with Crippen LogP contribution in [0.25, 0.3) is 10.2 Å². The number of carbonyl (C=O) groups excluding carboxylic acids is 1. The SMILES string of the molecule is COCCn1c(=NC(=O)c2cc(C)oc2C)sc2ccccc21. The van der Waals surface area contributed by atoms with E-state index in [9.17, 15) is 4.79 Å². The molecule has 0 saturated heterocycles. The number of amides is 1. The molecule has 3 rings (SSSR count). The monoisotopic (exact) mass is 330 g/mol. The Morgan fingerprint density at radius 3 is 2.83 bits per heavy atom. The molecule has 0 aliphatic heterocycles. The molecule has 0 aliphatic carbocycles. The lowest BCUT2D eigenvalue weighted by molar-refractivity contribution is 0.0996. The number of aryl methyl sites for hydroxylation is 2. The smallest absolute Gasteiger partial charge is 0.283 e. The molecule has 0 spiro atoms. The maximum Gasteiger partial charge on any atom is 0.283 e. The van der Waals surface area contributed by atoms with Crippen molar-refractivity contribution in [1.82, 2.24) is 4.57 Å². The van der Waals surface area contributed by atoms with Crippen molar-refractivity contribution in [3.63, 3.8) is 0 Å². The van der Waals surface area contributed by atoms with Gasteiger partial charge in [0.1, 0.15) is 11.5 Å². The standard InChI is InChI=1S/C17H18N2O3S/c1-11-10-13(12(2)22-11)16(20)18-17-19(8-9-21-3)14-6-4-5-7-15(14)23-17/h4-7,10H,8-9H2,1-3H3. The summed E-state index contributed by atoms with van der Waals surface area (Å²) in [5.74, 6) is 1.03. The molecule has 3 aromatic rings. The number of hydrogen-bond acceptors (Lipinski definition) is 4. The van der Waals surface area contributed by atoms with E-state index in [0.29, 0.717) is 35.0 Å². The summed E-state index contributed by atoms with van der Waals surface area (Å²) in [7, 11) is 1.66. The second kappa shape index (κ2) is 6.52. The molecule has 23 heavy (non-hydrogen) atoms. The van der Waals surface area contributed by atoms with Gasteiger partial charge in [-0.15, -0.1) is 0 Å². The molecule has 0 radical (unpaired) electrons. The van der Waals surface area contributed by atoms with Crippen molar-refractivity contribution < 1.29 is 13.9 Å². The minimum absolute atomic E-state index is 0.280. The lowest BCUT2D eigenvalue weighted by atomic mass is 10.2. The molecular formula is C17H18N2O3S. The van der Waals surface area contributed by atoms with Crippen molar-refractivity contribution in [2.45, 2.75) is 20.4 Å². The van der Waals surface area contributed by atoms with Crippen LogP contribution in [0.15, 0.2) is 39.7 Å². The van der Waals surface area contributed by atoms with E-state index in [0.717, 1.165) is 10.2 Å². The van der Waals surface area contributed by atoms with Crippen LogP contribution in [0, 0.1) is 13.8 Å². The fourth-order valence-electron chi connectivity index (χ4n) is 2.50. The third kappa shape index (κ3) is 3.13. The molecule has 0 fully saturated rings. The summed E-state index contributed by atoms with van der Waals surface area (Å²) in [5, 5.41) is 0. The number of aromatic nitrogens is 1. The lowest BCUT2D eigenvalue weighted by Crippen LogP contribution is -2.19. The predicted molar refractivity (Wildman–Crippen MR) is 89.8 cm³/mol. The summed E-state index contributed by atoms with van der Waals surface area (Å²) in [4.78, 5) is 17.5. The number of nitrogens with zero attached hydrogens (tertiary/aromatic N) is 2. The Kier molecular flexibility index (Phi) is 4.45. The zero-order valence-corrected chi connectivity index (χ0v) is 14.1. The maximum absolute atomic E-state index is 12.5. The van der Waals surface area contributed by atoms with Crippen LogP contribution in [0.3, 0.4) is 0 Å². The Hall–Kier alpha value is -2.18. The molecule has 6 heteroatoms. The highest BCUT2D eigenvalue weighted by molar-refractivity contribution is 7.16. The van der Waals surface area contributed by atoms with Gasteiger partial charge >= 0.3 is 0 Å². The first-order valence-electron chi connectivity index (χ1n) is 7.33. The molecule has 1 aromatic carbocycles. The molecule has 2 aromatic heterocycles. The first-order chi connectivity index (χ1) is 11.1. The molecule has 5 nitrogen and oxygen atoms in total. The number of thiazole rings is 1. The number of furan rings is 1. The van der Waals surface area contributed by atoms with Crippen LogP contribution in [0.4, 0.5) is 0 Å². The molecule has 0 bridgehead atoms. The Morgan fingerprint density at radius 2 is 2.13 bits per heavy atom. The van der Waals surface area contributed by atoms with E-state index in [4.69, 9.17) is 9.15 Å².